The molecule has 2 aromatic rings. The SMILES string of the molecule is CCOCC/C=C(\C#Cc1ccc(OC)cc1C)c1ccc(F)cc1. The number of hydrogen-bond donors (Lipinski definition) is 0. The zero-order valence-corrected chi connectivity index (χ0v) is 14.9. The summed E-state index contributed by atoms with van der Waals surface area (Å²) in [7, 11) is 1.65. The summed E-state index contributed by atoms with van der Waals surface area (Å²) in [6.07, 6.45) is 2.80. The zero-order valence-electron chi connectivity index (χ0n) is 14.9. The molecule has 0 N–H and O–H groups in total. The van der Waals surface area contributed by atoms with Gasteiger partial charge in [-0.2, -0.15) is 0 Å². The molecule has 2 nitrogen and oxygen atoms in total. The third-order valence-corrected chi connectivity index (χ3v) is 3.74. The maximum absolute atomic E-state index is 13.2. The summed E-state index contributed by atoms with van der Waals surface area (Å²) in [5.41, 5.74) is 3.77. The van der Waals surface area contributed by atoms with Gasteiger partial charge in [-0.3, -0.25) is 0 Å². The van der Waals surface area contributed by atoms with Crippen LogP contribution in [0.5, 0.6) is 5.75 Å². The predicted octanol–water partition coefficient (Wildman–Crippen LogP) is 5.00. The molecule has 0 radical (unpaired) electrons. The smallest absolute Gasteiger partial charge is 0.123 e. The Morgan fingerprint density at radius 3 is 2.56 bits per heavy atom. The van der Waals surface area contributed by atoms with E-state index in [1.807, 2.05) is 38.1 Å². The zero-order chi connectivity index (χ0) is 18.1. The van der Waals surface area contributed by atoms with Gasteiger partial charge in [0.25, 0.3) is 0 Å². The van der Waals surface area contributed by atoms with Gasteiger partial charge in [0, 0.05) is 17.7 Å². The summed E-state index contributed by atoms with van der Waals surface area (Å²) in [5, 5.41) is 0. The summed E-state index contributed by atoms with van der Waals surface area (Å²) in [6.45, 7) is 5.31. The Hall–Kier alpha value is -2.57. The van der Waals surface area contributed by atoms with Gasteiger partial charge < -0.3 is 9.47 Å². The van der Waals surface area contributed by atoms with Gasteiger partial charge in [-0.15, -0.1) is 0 Å². The van der Waals surface area contributed by atoms with Crippen LogP contribution in [0.25, 0.3) is 5.57 Å². The summed E-state index contributed by atoms with van der Waals surface area (Å²) in [6, 6.07) is 12.2. The van der Waals surface area contributed by atoms with Crippen molar-refractivity contribution in [3.05, 3.63) is 71.0 Å². The van der Waals surface area contributed by atoms with E-state index in [9.17, 15) is 4.39 Å². The second-order valence-electron chi connectivity index (χ2n) is 5.54. The van der Waals surface area contributed by atoms with E-state index in [0.29, 0.717) is 13.2 Å². The second-order valence-corrected chi connectivity index (χ2v) is 5.54. The monoisotopic (exact) mass is 338 g/mol. The molecule has 0 aliphatic rings. The van der Waals surface area contributed by atoms with Crippen LogP contribution in [-0.4, -0.2) is 20.3 Å². The molecule has 0 bridgehead atoms. The standard InChI is InChI=1S/C22H23FO2/c1-4-25-15-5-6-19(20-9-12-21(23)13-10-20)8-7-18-11-14-22(24-3)16-17(18)2/h6,9-14,16H,4-5,15H2,1-3H3/b19-6+. The van der Waals surface area contributed by atoms with Crippen molar-refractivity contribution >= 4 is 5.57 Å². The lowest BCUT2D eigenvalue weighted by atomic mass is 10.0. The van der Waals surface area contributed by atoms with Gasteiger partial charge in [-0.1, -0.05) is 30.0 Å². The van der Waals surface area contributed by atoms with E-state index in [-0.39, 0.29) is 5.82 Å². The summed E-state index contributed by atoms with van der Waals surface area (Å²) >= 11 is 0. The lowest BCUT2D eigenvalue weighted by Gasteiger charge is -2.04. The van der Waals surface area contributed by atoms with Gasteiger partial charge in [0.2, 0.25) is 0 Å². The van der Waals surface area contributed by atoms with Crippen molar-refractivity contribution in [3.63, 3.8) is 0 Å². The van der Waals surface area contributed by atoms with Crippen LogP contribution in [0.15, 0.2) is 48.5 Å². The van der Waals surface area contributed by atoms with Crippen LogP contribution in [0.2, 0.25) is 0 Å². The summed E-state index contributed by atoms with van der Waals surface area (Å²) < 4.78 is 23.8. The number of allylic oxidation sites excluding steroid dienone is 1. The first-order valence-corrected chi connectivity index (χ1v) is 8.34. The van der Waals surface area contributed by atoms with E-state index >= 15 is 0 Å². The van der Waals surface area contributed by atoms with Crippen molar-refractivity contribution in [2.24, 2.45) is 0 Å². The molecule has 3 heteroatoms. The minimum Gasteiger partial charge on any atom is -0.497 e. The van der Waals surface area contributed by atoms with Gasteiger partial charge in [0.1, 0.15) is 11.6 Å². The maximum Gasteiger partial charge on any atom is 0.123 e. The molecule has 2 rings (SSSR count). The molecular weight excluding hydrogens is 315 g/mol. The molecule has 0 aromatic heterocycles. The summed E-state index contributed by atoms with van der Waals surface area (Å²) in [5.74, 6) is 6.99. The molecule has 0 spiro atoms. The van der Waals surface area contributed by atoms with Crippen molar-refractivity contribution in [3.8, 4) is 17.6 Å². The van der Waals surface area contributed by atoms with Crippen molar-refractivity contribution in [1.82, 2.24) is 0 Å². The Labute approximate surface area is 149 Å². The largest absolute Gasteiger partial charge is 0.497 e. The molecule has 25 heavy (non-hydrogen) atoms. The molecule has 130 valence electrons. The van der Waals surface area contributed by atoms with E-state index in [1.165, 1.54) is 12.1 Å². The van der Waals surface area contributed by atoms with Gasteiger partial charge in [0.15, 0.2) is 0 Å². The number of halogens is 1. The molecule has 0 unspecified atom stereocenters. The van der Waals surface area contributed by atoms with Crippen molar-refractivity contribution in [2.75, 3.05) is 20.3 Å². The minimum absolute atomic E-state index is 0.253. The van der Waals surface area contributed by atoms with Gasteiger partial charge in [-0.05, 0) is 61.7 Å². The van der Waals surface area contributed by atoms with E-state index in [4.69, 9.17) is 9.47 Å². The highest BCUT2D eigenvalue weighted by Gasteiger charge is 2.01. The van der Waals surface area contributed by atoms with E-state index in [1.54, 1.807) is 19.2 Å². The highest BCUT2D eigenvalue weighted by Crippen LogP contribution is 2.18. The average Bonchev–Trinajstić information content (AvgIpc) is 2.63. The highest BCUT2D eigenvalue weighted by atomic mass is 19.1. The molecule has 0 atom stereocenters. The molecule has 0 saturated heterocycles. The molecule has 0 fully saturated rings. The Morgan fingerprint density at radius 1 is 1.16 bits per heavy atom. The van der Waals surface area contributed by atoms with Crippen LogP contribution in [0.4, 0.5) is 4.39 Å². The number of ether oxygens (including phenoxy) is 2. The van der Waals surface area contributed by atoms with Crippen LogP contribution < -0.4 is 4.74 Å². The normalized spacial score (nSPS) is 11.0. The molecule has 0 heterocycles. The van der Waals surface area contributed by atoms with Crippen LogP contribution in [-0.2, 0) is 4.74 Å². The maximum atomic E-state index is 13.2. The fraction of sp³-hybridized carbons (Fsp3) is 0.273. The van der Waals surface area contributed by atoms with E-state index in [0.717, 1.165) is 34.4 Å². The molecule has 0 aliphatic heterocycles. The van der Waals surface area contributed by atoms with Crippen molar-refractivity contribution in [1.29, 1.82) is 0 Å². The quantitative estimate of drug-likeness (QED) is 0.545. The Morgan fingerprint density at radius 2 is 1.92 bits per heavy atom. The molecule has 2 aromatic carbocycles. The fourth-order valence-electron chi connectivity index (χ4n) is 2.34. The molecule has 0 amide bonds. The lowest BCUT2D eigenvalue weighted by Crippen LogP contribution is -1.92. The Bertz CT molecular complexity index is 780. The minimum atomic E-state index is -0.253. The second kappa shape index (κ2) is 9.66. The molecular formula is C22H23FO2. The van der Waals surface area contributed by atoms with Crippen LogP contribution >= 0.6 is 0 Å². The third-order valence-electron chi connectivity index (χ3n) is 3.74. The predicted molar refractivity (Wildman–Crippen MR) is 100 cm³/mol. The fourth-order valence-corrected chi connectivity index (χ4v) is 2.34. The third kappa shape index (κ3) is 5.77. The van der Waals surface area contributed by atoms with Gasteiger partial charge in [0.05, 0.1) is 13.7 Å². The Kier molecular flexibility index (Phi) is 7.25. The molecule has 0 aliphatic carbocycles. The van der Waals surface area contributed by atoms with Crippen molar-refractivity contribution in [2.45, 2.75) is 20.3 Å². The number of hydrogen-bond acceptors (Lipinski definition) is 2. The van der Waals surface area contributed by atoms with Gasteiger partial charge >= 0.3 is 0 Å². The lowest BCUT2D eigenvalue weighted by molar-refractivity contribution is 0.152. The van der Waals surface area contributed by atoms with E-state index in [2.05, 4.69) is 11.8 Å². The number of aryl methyl sites for hydroxylation is 1. The van der Waals surface area contributed by atoms with Gasteiger partial charge in [-0.25, -0.2) is 4.39 Å². The first-order valence-electron chi connectivity index (χ1n) is 8.34. The van der Waals surface area contributed by atoms with Crippen LogP contribution in [0.3, 0.4) is 0 Å². The number of methoxy groups -OCH3 is 1. The average molecular weight is 338 g/mol. The first-order chi connectivity index (χ1) is 12.1. The van der Waals surface area contributed by atoms with Crippen LogP contribution in [0, 0.1) is 24.6 Å². The topological polar surface area (TPSA) is 18.5 Å². The molecule has 0 saturated carbocycles. The van der Waals surface area contributed by atoms with Crippen molar-refractivity contribution < 1.29 is 13.9 Å². The number of benzene rings is 2. The van der Waals surface area contributed by atoms with Crippen LogP contribution in [0.1, 0.15) is 30.0 Å². The highest BCUT2D eigenvalue weighted by molar-refractivity contribution is 5.79. The number of rotatable bonds is 6. The first kappa shape index (κ1) is 18.8. The Balaban J connectivity index is 2.29. The van der Waals surface area contributed by atoms with E-state index < -0.39 is 0 Å². The summed E-state index contributed by atoms with van der Waals surface area (Å²) in [4.78, 5) is 0.